The molecule has 1 aromatic heterocycles. The quantitative estimate of drug-likeness (QED) is 0.895. The average molecular weight is 268 g/mol. The summed E-state index contributed by atoms with van der Waals surface area (Å²) in [5.41, 5.74) is 8.00. The van der Waals surface area contributed by atoms with Crippen LogP contribution in [0.5, 0.6) is 0 Å². The first-order chi connectivity index (χ1) is 8.20. The van der Waals surface area contributed by atoms with Gasteiger partial charge in [0.2, 0.25) is 0 Å². The highest BCUT2D eigenvalue weighted by molar-refractivity contribution is 5.85. The number of benzene rings is 1. The van der Waals surface area contributed by atoms with E-state index in [2.05, 4.69) is 0 Å². The molecule has 0 radical (unpaired) electrons. The molecular formula is C14H18ClNO2. The lowest BCUT2D eigenvalue weighted by molar-refractivity contribution is 0.276. The number of nitrogens with two attached hydrogens (primary N) is 1. The van der Waals surface area contributed by atoms with E-state index in [9.17, 15) is 0 Å². The molecule has 0 fully saturated rings. The van der Waals surface area contributed by atoms with Gasteiger partial charge < -0.3 is 15.3 Å². The molecule has 18 heavy (non-hydrogen) atoms. The predicted octanol–water partition coefficient (Wildman–Crippen LogP) is 3.06. The summed E-state index contributed by atoms with van der Waals surface area (Å²) in [4.78, 5) is 0. The number of furan rings is 1. The summed E-state index contributed by atoms with van der Waals surface area (Å²) in [6.45, 7) is 2.02. The normalized spacial score (nSPS) is 11.9. The Morgan fingerprint density at radius 2 is 2.06 bits per heavy atom. The number of aliphatic hydroxyl groups excluding tert-OH is 1. The van der Waals surface area contributed by atoms with E-state index in [1.807, 2.05) is 43.3 Å². The van der Waals surface area contributed by atoms with Crippen molar-refractivity contribution >= 4 is 12.4 Å². The van der Waals surface area contributed by atoms with Gasteiger partial charge in [-0.1, -0.05) is 18.2 Å². The first-order valence-corrected chi connectivity index (χ1v) is 5.74. The van der Waals surface area contributed by atoms with Gasteiger partial charge in [-0.25, -0.2) is 0 Å². The molecule has 4 heteroatoms. The van der Waals surface area contributed by atoms with Crippen LogP contribution in [0.25, 0.3) is 11.3 Å². The molecule has 0 saturated carbocycles. The van der Waals surface area contributed by atoms with Crippen LogP contribution in [0.4, 0.5) is 0 Å². The smallest absolute Gasteiger partial charge is 0.134 e. The monoisotopic (exact) mass is 267 g/mol. The van der Waals surface area contributed by atoms with Crippen LogP contribution in [-0.2, 0) is 0 Å². The number of aryl methyl sites for hydroxylation is 1. The number of rotatable bonds is 4. The molecule has 0 bridgehead atoms. The maximum Gasteiger partial charge on any atom is 0.134 e. The van der Waals surface area contributed by atoms with Crippen molar-refractivity contribution in [3.8, 4) is 11.3 Å². The number of aliphatic hydroxyl groups is 1. The van der Waals surface area contributed by atoms with Crippen molar-refractivity contribution < 1.29 is 9.52 Å². The molecule has 3 N–H and O–H groups in total. The van der Waals surface area contributed by atoms with Crippen molar-refractivity contribution in [3.05, 3.63) is 47.7 Å². The van der Waals surface area contributed by atoms with E-state index in [1.165, 1.54) is 0 Å². The van der Waals surface area contributed by atoms with Gasteiger partial charge in [-0.2, -0.15) is 0 Å². The molecule has 2 aromatic rings. The van der Waals surface area contributed by atoms with Gasteiger partial charge in [0.15, 0.2) is 0 Å². The Labute approximate surface area is 113 Å². The fourth-order valence-corrected chi connectivity index (χ4v) is 1.82. The standard InChI is InChI=1S/C14H17NO2.ClH/c1-10-5-6-14(17-10)12-4-2-3-11(9-12)13(15)7-8-16;/h2-6,9,13,16H,7-8,15H2,1H3;1H. The maximum atomic E-state index is 8.89. The summed E-state index contributed by atoms with van der Waals surface area (Å²) in [5, 5.41) is 8.89. The molecule has 1 aromatic carbocycles. The second kappa shape index (κ2) is 6.59. The van der Waals surface area contributed by atoms with Gasteiger partial charge in [0.05, 0.1) is 0 Å². The van der Waals surface area contributed by atoms with E-state index in [0.29, 0.717) is 6.42 Å². The minimum Gasteiger partial charge on any atom is -0.461 e. The topological polar surface area (TPSA) is 59.4 Å². The Morgan fingerprint density at radius 1 is 1.28 bits per heavy atom. The van der Waals surface area contributed by atoms with E-state index in [4.69, 9.17) is 15.3 Å². The first kappa shape index (κ1) is 14.8. The second-order valence-corrected chi connectivity index (χ2v) is 4.15. The molecule has 1 unspecified atom stereocenters. The Kier molecular flexibility index (Phi) is 5.41. The van der Waals surface area contributed by atoms with Gasteiger partial charge in [-0.3, -0.25) is 0 Å². The number of halogens is 1. The van der Waals surface area contributed by atoms with Crippen LogP contribution in [0, 0.1) is 6.92 Å². The van der Waals surface area contributed by atoms with E-state index in [-0.39, 0.29) is 25.1 Å². The van der Waals surface area contributed by atoms with Gasteiger partial charge in [0.25, 0.3) is 0 Å². The Balaban J connectivity index is 0.00000162. The second-order valence-electron chi connectivity index (χ2n) is 4.15. The highest BCUT2D eigenvalue weighted by atomic mass is 35.5. The maximum absolute atomic E-state index is 8.89. The zero-order chi connectivity index (χ0) is 12.3. The summed E-state index contributed by atoms with van der Waals surface area (Å²) in [7, 11) is 0. The lowest BCUT2D eigenvalue weighted by atomic mass is 10.0. The van der Waals surface area contributed by atoms with Gasteiger partial charge in [0, 0.05) is 18.2 Å². The lowest BCUT2D eigenvalue weighted by Crippen LogP contribution is -2.11. The summed E-state index contributed by atoms with van der Waals surface area (Å²) in [6.07, 6.45) is 0.570. The fraction of sp³-hybridized carbons (Fsp3) is 0.286. The third-order valence-corrected chi connectivity index (χ3v) is 2.78. The Morgan fingerprint density at radius 3 is 2.67 bits per heavy atom. The molecule has 1 atom stereocenters. The van der Waals surface area contributed by atoms with Crippen LogP contribution in [0.15, 0.2) is 40.8 Å². The van der Waals surface area contributed by atoms with E-state index >= 15 is 0 Å². The van der Waals surface area contributed by atoms with Crippen LogP contribution in [-0.4, -0.2) is 11.7 Å². The predicted molar refractivity (Wildman–Crippen MR) is 74.8 cm³/mol. The summed E-state index contributed by atoms with van der Waals surface area (Å²) in [6, 6.07) is 11.7. The molecule has 1 heterocycles. The van der Waals surface area contributed by atoms with E-state index in [0.717, 1.165) is 22.6 Å². The van der Waals surface area contributed by atoms with Gasteiger partial charge in [0.1, 0.15) is 11.5 Å². The molecule has 3 nitrogen and oxygen atoms in total. The Bertz CT molecular complexity index is 496. The fourth-order valence-electron chi connectivity index (χ4n) is 1.82. The zero-order valence-corrected chi connectivity index (χ0v) is 11.1. The van der Waals surface area contributed by atoms with Gasteiger partial charge in [-0.05, 0) is 37.1 Å². The molecule has 2 rings (SSSR count). The van der Waals surface area contributed by atoms with E-state index < -0.39 is 0 Å². The minimum atomic E-state index is -0.129. The molecule has 0 saturated heterocycles. The van der Waals surface area contributed by atoms with Crippen LogP contribution >= 0.6 is 12.4 Å². The molecule has 0 aliphatic heterocycles. The third-order valence-electron chi connectivity index (χ3n) is 2.78. The van der Waals surface area contributed by atoms with Gasteiger partial charge >= 0.3 is 0 Å². The Hall–Kier alpha value is -1.29. The third kappa shape index (κ3) is 3.35. The van der Waals surface area contributed by atoms with Crippen LogP contribution in [0.1, 0.15) is 23.8 Å². The van der Waals surface area contributed by atoms with Crippen LogP contribution in [0.3, 0.4) is 0 Å². The molecule has 0 spiro atoms. The van der Waals surface area contributed by atoms with Crippen molar-refractivity contribution in [2.45, 2.75) is 19.4 Å². The minimum absolute atomic E-state index is 0. The molecule has 0 aliphatic rings. The van der Waals surface area contributed by atoms with E-state index in [1.54, 1.807) is 0 Å². The first-order valence-electron chi connectivity index (χ1n) is 5.74. The highest BCUT2D eigenvalue weighted by Crippen LogP contribution is 2.25. The largest absolute Gasteiger partial charge is 0.461 e. The zero-order valence-electron chi connectivity index (χ0n) is 10.3. The van der Waals surface area contributed by atoms with Crippen molar-refractivity contribution in [1.82, 2.24) is 0 Å². The average Bonchev–Trinajstić information content (AvgIpc) is 2.76. The van der Waals surface area contributed by atoms with Crippen molar-refractivity contribution in [3.63, 3.8) is 0 Å². The molecule has 0 amide bonds. The van der Waals surface area contributed by atoms with Crippen molar-refractivity contribution in [1.29, 1.82) is 0 Å². The van der Waals surface area contributed by atoms with Gasteiger partial charge in [-0.15, -0.1) is 12.4 Å². The number of hydrogen-bond acceptors (Lipinski definition) is 3. The highest BCUT2D eigenvalue weighted by Gasteiger charge is 2.08. The SMILES string of the molecule is Cc1ccc(-c2cccc(C(N)CCO)c2)o1.Cl. The summed E-state index contributed by atoms with van der Waals surface area (Å²) in [5.74, 6) is 1.74. The number of hydrogen-bond donors (Lipinski definition) is 2. The van der Waals surface area contributed by atoms with Crippen LogP contribution in [0.2, 0.25) is 0 Å². The van der Waals surface area contributed by atoms with Crippen molar-refractivity contribution in [2.75, 3.05) is 6.61 Å². The van der Waals surface area contributed by atoms with Crippen molar-refractivity contribution in [2.24, 2.45) is 5.73 Å². The molecular weight excluding hydrogens is 250 g/mol. The summed E-state index contributed by atoms with van der Waals surface area (Å²) < 4.78 is 5.57. The van der Waals surface area contributed by atoms with Crippen LogP contribution < -0.4 is 5.73 Å². The molecule has 0 aliphatic carbocycles. The lowest BCUT2D eigenvalue weighted by Gasteiger charge is -2.11. The summed E-state index contributed by atoms with van der Waals surface area (Å²) >= 11 is 0. The molecule has 98 valence electrons.